The Morgan fingerprint density at radius 3 is 2.43 bits per heavy atom. The van der Waals surface area contributed by atoms with Crippen molar-refractivity contribution in [2.45, 2.75) is 55.5 Å². The summed E-state index contributed by atoms with van der Waals surface area (Å²) in [6.45, 7) is 4.22. The van der Waals surface area contributed by atoms with E-state index in [0.717, 1.165) is 5.56 Å². The summed E-state index contributed by atoms with van der Waals surface area (Å²) in [5, 5.41) is 3.73. The van der Waals surface area contributed by atoms with E-state index in [1.807, 2.05) is 6.92 Å². The van der Waals surface area contributed by atoms with Gasteiger partial charge in [-0.25, -0.2) is 4.79 Å². The first kappa shape index (κ1) is 25.1. The third-order valence-electron chi connectivity index (χ3n) is 5.63. The lowest BCUT2D eigenvalue weighted by molar-refractivity contribution is -0.216. The lowest BCUT2D eigenvalue weighted by Crippen LogP contribution is -2.45. The average molecular weight is 504 g/mol. The van der Waals surface area contributed by atoms with Gasteiger partial charge in [0.05, 0.1) is 10.5 Å². The highest BCUT2D eigenvalue weighted by atomic mass is 32.2. The standard InChI is InChI=1S/C23H25N3O8S/c1-15-9-11-17(12-10-15)35(28,29)31-14-23(25-26-24)20-19(33-22(2,3)34-20)18(32-23)13-30-21(27)16-7-5-4-6-8-16/h4-12,18-20H,13-14H2,1-3H3/t18-,19-,20-,23-/m1/s1. The van der Waals surface area contributed by atoms with Gasteiger partial charge in [-0.2, -0.15) is 8.42 Å². The van der Waals surface area contributed by atoms with Gasteiger partial charge in [0.15, 0.2) is 5.79 Å². The number of nitrogens with zero attached hydrogens (tertiary/aromatic N) is 3. The normalized spacial score (nSPS) is 27.1. The maximum absolute atomic E-state index is 12.8. The quantitative estimate of drug-likeness (QED) is 0.175. The van der Waals surface area contributed by atoms with Crippen molar-refractivity contribution in [1.82, 2.24) is 0 Å². The number of aryl methyl sites for hydroxylation is 1. The largest absolute Gasteiger partial charge is 0.459 e. The van der Waals surface area contributed by atoms with E-state index < -0.39 is 52.5 Å². The van der Waals surface area contributed by atoms with Crippen LogP contribution in [-0.4, -0.2) is 57.4 Å². The maximum Gasteiger partial charge on any atom is 0.338 e. The topological polar surface area (TPSA) is 146 Å². The van der Waals surface area contributed by atoms with Gasteiger partial charge in [0.1, 0.15) is 31.5 Å². The van der Waals surface area contributed by atoms with Gasteiger partial charge in [-0.05, 0) is 50.6 Å². The van der Waals surface area contributed by atoms with Gasteiger partial charge in [-0.3, -0.25) is 4.18 Å². The Morgan fingerprint density at radius 2 is 1.77 bits per heavy atom. The molecule has 0 N–H and O–H groups in total. The first-order valence-corrected chi connectivity index (χ1v) is 12.2. The number of hydrogen-bond donors (Lipinski definition) is 0. The minimum atomic E-state index is -4.20. The molecule has 35 heavy (non-hydrogen) atoms. The predicted molar refractivity (Wildman–Crippen MR) is 122 cm³/mol. The zero-order valence-corrected chi connectivity index (χ0v) is 20.2. The highest BCUT2D eigenvalue weighted by Gasteiger charge is 2.63. The Hall–Kier alpha value is -2.99. The second-order valence-corrected chi connectivity index (χ2v) is 10.3. The number of fused-ring (bicyclic) bond motifs is 1. The molecule has 0 radical (unpaired) electrons. The predicted octanol–water partition coefficient (Wildman–Crippen LogP) is 3.48. The number of azide groups is 1. The molecule has 0 bridgehead atoms. The number of ether oxygens (including phenoxy) is 4. The van der Waals surface area contributed by atoms with Gasteiger partial charge >= 0.3 is 5.97 Å². The van der Waals surface area contributed by atoms with Gasteiger partial charge in [0.2, 0.25) is 5.72 Å². The van der Waals surface area contributed by atoms with Crippen molar-refractivity contribution in [3.8, 4) is 0 Å². The van der Waals surface area contributed by atoms with Crippen LogP contribution < -0.4 is 0 Å². The lowest BCUT2D eigenvalue weighted by Gasteiger charge is -2.30. The van der Waals surface area contributed by atoms with Gasteiger partial charge in [0.25, 0.3) is 10.1 Å². The van der Waals surface area contributed by atoms with Crippen LogP contribution in [0.15, 0.2) is 64.6 Å². The van der Waals surface area contributed by atoms with E-state index in [0.29, 0.717) is 5.56 Å². The fraction of sp³-hybridized carbons (Fsp3) is 0.435. The molecule has 0 spiro atoms. The summed E-state index contributed by atoms with van der Waals surface area (Å²) in [6, 6.07) is 14.5. The Balaban J connectivity index is 1.55. The molecular formula is C23H25N3O8S. The summed E-state index contributed by atoms with van der Waals surface area (Å²) in [4.78, 5) is 15.2. The molecule has 0 amide bonds. The Labute approximate surface area is 202 Å². The molecule has 2 aromatic rings. The van der Waals surface area contributed by atoms with Crippen molar-refractivity contribution in [2.75, 3.05) is 13.2 Å². The molecule has 0 aromatic heterocycles. The summed E-state index contributed by atoms with van der Waals surface area (Å²) in [5.41, 5.74) is 8.61. The summed E-state index contributed by atoms with van der Waals surface area (Å²) in [7, 11) is -4.20. The van der Waals surface area contributed by atoms with Crippen LogP contribution >= 0.6 is 0 Å². The lowest BCUT2D eigenvalue weighted by atomic mass is 10.0. The molecule has 2 fully saturated rings. The third-order valence-corrected chi connectivity index (χ3v) is 6.91. The van der Waals surface area contributed by atoms with Crippen molar-refractivity contribution < 1.29 is 36.3 Å². The maximum atomic E-state index is 12.8. The number of carbonyl (C=O) groups is 1. The first-order valence-electron chi connectivity index (χ1n) is 10.8. The first-order chi connectivity index (χ1) is 16.6. The number of esters is 1. The SMILES string of the molecule is Cc1ccc(S(=O)(=O)OC[C@@]2(N=[N+]=[N-])O[C@H](COC(=O)c3ccccc3)[C@H]3OC(C)(C)O[C@H]32)cc1. The van der Waals surface area contributed by atoms with Crippen LogP contribution in [0.5, 0.6) is 0 Å². The minimum absolute atomic E-state index is 0.0639. The summed E-state index contributed by atoms with van der Waals surface area (Å²) in [5.74, 6) is -1.67. The van der Waals surface area contributed by atoms with Crippen LogP contribution in [0.4, 0.5) is 0 Å². The van der Waals surface area contributed by atoms with Crippen molar-refractivity contribution in [3.05, 3.63) is 76.2 Å². The molecule has 186 valence electrons. The molecule has 11 nitrogen and oxygen atoms in total. The van der Waals surface area contributed by atoms with Crippen molar-refractivity contribution >= 4 is 16.1 Å². The second kappa shape index (κ2) is 9.57. The van der Waals surface area contributed by atoms with E-state index in [4.69, 9.17) is 23.1 Å². The molecule has 2 aromatic carbocycles. The third kappa shape index (κ3) is 5.32. The molecule has 2 aliphatic heterocycles. The van der Waals surface area contributed by atoms with Crippen LogP contribution in [0.2, 0.25) is 0 Å². The summed E-state index contributed by atoms with van der Waals surface area (Å²) < 4.78 is 54.0. The number of hydrogen-bond acceptors (Lipinski definition) is 9. The summed E-state index contributed by atoms with van der Waals surface area (Å²) in [6.07, 6.45) is -2.74. The smallest absolute Gasteiger partial charge is 0.338 e. The van der Waals surface area contributed by atoms with Crippen LogP contribution in [0.25, 0.3) is 10.4 Å². The van der Waals surface area contributed by atoms with E-state index in [1.165, 1.54) is 12.1 Å². The zero-order chi connectivity index (χ0) is 25.3. The fourth-order valence-corrected chi connectivity index (χ4v) is 4.92. The molecule has 2 heterocycles. The highest BCUT2D eigenvalue weighted by molar-refractivity contribution is 7.86. The molecular weight excluding hydrogens is 478 g/mol. The Bertz CT molecular complexity index is 1230. The molecule has 0 aliphatic carbocycles. The molecule has 2 aliphatic rings. The number of rotatable bonds is 8. The van der Waals surface area contributed by atoms with E-state index in [2.05, 4.69) is 10.0 Å². The average Bonchev–Trinajstić information content (AvgIpc) is 3.29. The van der Waals surface area contributed by atoms with E-state index in [9.17, 15) is 18.7 Å². The van der Waals surface area contributed by atoms with Crippen molar-refractivity contribution in [3.63, 3.8) is 0 Å². The Kier molecular flexibility index (Phi) is 6.87. The molecule has 12 heteroatoms. The van der Waals surface area contributed by atoms with Crippen LogP contribution in [-0.2, 0) is 33.2 Å². The molecule has 4 atom stereocenters. The van der Waals surface area contributed by atoms with E-state index in [1.54, 1.807) is 56.3 Å². The number of carbonyl (C=O) groups excluding carboxylic acids is 1. The van der Waals surface area contributed by atoms with Gasteiger partial charge in [-0.15, -0.1) is 0 Å². The minimum Gasteiger partial charge on any atom is -0.459 e. The molecule has 4 rings (SSSR count). The molecule has 2 saturated heterocycles. The van der Waals surface area contributed by atoms with Crippen LogP contribution in [0.1, 0.15) is 29.8 Å². The molecule has 0 unspecified atom stereocenters. The zero-order valence-electron chi connectivity index (χ0n) is 19.4. The van der Waals surface area contributed by atoms with E-state index in [-0.39, 0.29) is 11.5 Å². The van der Waals surface area contributed by atoms with Crippen LogP contribution in [0, 0.1) is 6.92 Å². The second-order valence-electron chi connectivity index (χ2n) is 8.71. The van der Waals surface area contributed by atoms with Gasteiger partial charge < -0.3 is 18.9 Å². The van der Waals surface area contributed by atoms with Crippen LogP contribution in [0.3, 0.4) is 0 Å². The highest BCUT2D eigenvalue weighted by Crippen LogP contribution is 2.45. The van der Waals surface area contributed by atoms with Gasteiger partial charge in [-0.1, -0.05) is 41.0 Å². The molecule has 0 saturated carbocycles. The van der Waals surface area contributed by atoms with Crippen molar-refractivity contribution in [2.24, 2.45) is 5.11 Å². The summed E-state index contributed by atoms with van der Waals surface area (Å²) >= 11 is 0. The fourth-order valence-electron chi connectivity index (χ4n) is 3.99. The van der Waals surface area contributed by atoms with E-state index >= 15 is 0 Å². The monoisotopic (exact) mass is 503 g/mol. The Morgan fingerprint density at radius 1 is 1.09 bits per heavy atom. The van der Waals surface area contributed by atoms with Gasteiger partial charge in [0, 0.05) is 4.91 Å². The van der Waals surface area contributed by atoms with Crippen molar-refractivity contribution in [1.29, 1.82) is 0 Å². The number of benzene rings is 2.